The van der Waals surface area contributed by atoms with E-state index in [1.165, 1.54) is 7.11 Å². The van der Waals surface area contributed by atoms with Gasteiger partial charge in [0.2, 0.25) is 0 Å². The highest BCUT2D eigenvalue weighted by Crippen LogP contribution is 2.18. The minimum Gasteiger partial charge on any atom is -0.398 e. The number of nitrogen functional groups attached to an aromatic ring is 1. The molecule has 94 valence electrons. The molecular formula is C11H15BrN2O3. The molecule has 0 saturated heterocycles. The molecule has 1 amide bonds. The van der Waals surface area contributed by atoms with E-state index in [4.69, 9.17) is 15.6 Å². The van der Waals surface area contributed by atoms with Gasteiger partial charge in [-0.1, -0.05) is 15.9 Å². The van der Waals surface area contributed by atoms with Gasteiger partial charge < -0.3 is 20.9 Å². The number of anilines is 1. The van der Waals surface area contributed by atoms with E-state index in [9.17, 15) is 4.79 Å². The number of aliphatic hydroxyl groups excluding tert-OH is 1. The smallest absolute Gasteiger partial charge is 0.253 e. The van der Waals surface area contributed by atoms with Crippen LogP contribution in [0.3, 0.4) is 0 Å². The highest BCUT2D eigenvalue weighted by Gasteiger charge is 2.14. The zero-order valence-electron chi connectivity index (χ0n) is 9.44. The molecule has 4 N–H and O–H groups in total. The first kappa shape index (κ1) is 14.0. The molecule has 6 heteroatoms. The number of carbonyl (C=O) groups excluding carboxylic acids is 1. The third kappa shape index (κ3) is 3.99. The molecule has 1 aromatic carbocycles. The summed E-state index contributed by atoms with van der Waals surface area (Å²) in [5.74, 6) is -0.328. The fourth-order valence-electron chi connectivity index (χ4n) is 1.34. The quantitative estimate of drug-likeness (QED) is 0.701. The van der Waals surface area contributed by atoms with E-state index in [-0.39, 0.29) is 19.1 Å². The van der Waals surface area contributed by atoms with Crippen LogP contribution >= 0.6 is 15.9 Å². The van der Waals surface area contributed by atoms with Crippen LogP contribution in [0, 0.1) is 0 Å². The Hall–Kier alpha value is -1.11. The second-order valence-corrected chi connectivity index (χ2v) is 4.46. The summed E-state index contributed by atoms with van der Waals surface area (Å²) in [6.45, 7) is 0.0642. The van der Waals surface area contributed by atoms with Crippen LogP contribution in [0.5, 0.6) is 0 Å². The van der Waals surface area contributed by atoms with Gasteiger partial charge in [-0.05, 0) is 18.2 Å². The number of hydrogen-bond acceptors (Lipinski definition) is 4. The summed E-state index contributed by atoms with van der Waals surface area (Å²) in [6.07, 6.45) is 0. The van der Waals surface area contributed by atoms with E-state index in [1.54, 1.807) is 18.2 Å². The molecule has 0 bridgehead atoms. The standard InChI is InChI=1S/C11H15BrN2O3/c1-17-6-8(5-15)14-11(16)9-3-2-7(12)4-10(9)13/h2-4,8,15H,5-6,13H2,1H3,(H,14,16). The van der Waals surface area contributed by atoms with Gasteiger partial charge in [0.05, 0.1) is 24.8 Å². The van der Waals surface area contributed by atoms with Gasteiger partial charge in [0.15, 0.2) is 0 Å². The first-order valence-electron chi connectivity index (χ1n) is 5.04. The Morgan fingerprint density at radius 1 is 1.65 bits per heavy atom. The first-order valence-corrected chi connectivity index (χ1v) is 5.83. The van der Waals surface area contributed by atoms with Crippen molar-refractivity contribution in [2.24, 2.45) is 0 Å². The maximum absolute atomic E-state index is 11.8. The van der Waals surface area contributed by atoms with E-state index in [0.29, 0.717) is 11.3 Å². The monoisotopic (exact) mass is 302 g/mol. The summed E-state index contributed by atoms with van der Waals surface area (Å²) < 4.78 is 5.68. The van der Waals surface area contributed by atoms with E-state index in [1.807, 2.05) is 0 Å². The van der Waals surface area contributed by atoms with Crippen LogP contribution in [0.1, 0.15) is 10.4 Å². The zero-order valence-corrected chi connectivity index (χ0v) is 11.0. The molecule has 0 heterocycles. The Bertz CT molecular complexity index is 398. The van der Waals surface area contributed by atoms with Gasteiger partial charge in [0, 0.05) is 17.3 Å². The second-order valence-electron chi connectivity index (χ2n) is 3.54. The highest BCUT2D eigenvalue weighted by molar-refractivity contribution is 9.10. The molecule has 1 rings (SSSR count). The molecule has 0 fully saturated rings. The predicted octanol–water partition coefficient (Wildman–Crippen LogP) is 0.768. The van der Waals surface area contributed by atoms with Crippen molar-refractivity contribution in [3.8, 4) is 0 Å². The first-order chi connectivity index (χ1) is 8.08. The van der Waals surface area contributed by atoms with Gasteiger partial charge >= 0.3 is 0 Å². The average Bonchev–Trinajstić information content (AvgIpc) is 2.28. The van der Waals surface area contributed by atoms with Crippen LogP contribution in [-0.2, 0) is 4.74 Å². The lowest BCUT2D eigenvalue weighted by molar-refractivity contribution is 0.0840. The lowest BCUT2D eigenvalue weighted by Crippen LogP contribution is -2.40. The van der Waals surface area contributed by atoms with Crippen LogP contribution in [0.25, 0.3) is 0 Å². The van der Waals surface area contributed by atoms with Crippen molar-refractivity contribution in [1.29, 1.82) is 0 Å². The number of benzene rings is 1. The van der Waals surface area contributed by atoms with Crippen LogP contribution in [0.2, 0.25) is 0 Å². The Labute approximate surface area is 108 Å². The maximum atomic E-state index is 11.8. The largest absolute Gasteiger partial charge is 0.398 e. The molecule has 0 aliphatic rings. The third-order valence-electron chi connectivity index (χ3n) is 2.18. The lowest BCUT2D eigenvalue weighted by Gasteiger charge is -2.16. The molecule has 1 unspecified atom stereocenters. The Morgan fingerprint density at radius 3 is 2.88 bits per heavy atom. The Balaban J connectivity index is 2.75. The van der Waals surface area contributed by atoms with E-state index in [2.05, 4.69) is 21.2 Å². The number of amides is 1. The van der Waals surface area contributed by atoms with Crippen molar-refractivity contribution < 1.29 is 14.6 Å². The van der Waals surface area contributed by atoms with E-state index < -0.39 is 6.04 Å². The van der Waals surface area contributed by atoms with Crippen molar-refractivity contribution in [1.82, 2.24) is 5.32 Å². The summed E-state index contributed by atoms with van der Waals surface area (Å²) in [5, 5.41) is 11.7. The van der Waals surface area contributed by atoms with Gasteiger partial charge in [-0.15, -0.1) is 0 Å². The predicted molar refractivity (Wildman–Crippen MR) is 68.8 cm³/mol. The lowest BCUT2D eigenvalue weighted by atomic mass is 10.1. The molecule has 0 aromatic heterocycles. The van der Waals surface area contributed by atoms with Crippen LogP contribution in [0.15, 0.2) is 22.7 Å². The van der Waals surface area contributed by atoms with E-state index >= 15 is 0 Å². The number of carbonyl (C=O) groups is 1. The molecular weight excluding hydrogens is 288 g/mol. The van der Waals surface area contributed by atoms with Crippen molar-refractivity contribution >= 4 is 27.5 Å². The normalized spacial score (nSPS) is 12.2. The average molecular weight is 303 g/mol. The summed E-state index contributed by atoms with van der Waals surface area (Å²) in [6, 6.07) is 4.57. The SMILES string of the molecule is COCC(CO)NC(=O)c1ccc(Br)cc1N. The summed E-state index contributed by atoms with van der Waals surface area (Å²) in [4.78, 5) is 11.8. The molecule has 0 radical (unpaired) electrons. The molecule has 17 heavy (non-hydrogen) atoms. The number of methoxy groups -OCH3 is 1. The van der Waals surface area contributed by atoms with Gasteiger partial charge in [0.25, 0.3) is 5.91 Å². The minimum atomic E-state index is -0.435. The van der Waals surface area contributed by atoms with Crippen molar-refractivity contribution in [3.63, 3.8) is 0 Å². The number of rotatable bonds is 5. The Morgan fingerprint density at radius 2 is 2.35 bits per heavy atom. The molecule has 0 spiro atoms. The van der Waals surface area contributed by atoms with Crippen molar-refractivity contribution in [2.45, 2.75) is 6.04 Å². The van der Waals surface area contributed by atoms with Crippen LogP contribution in [-0.4, -0.2) is 37.4 Å². The fraction of sp³-hybridized carbons (Fsp3) is 0.364. The molecule has 0 aliphatic heterocycles. The van der Waals surface area contributed by atoms with Crippen LogP contribution in [0.4, 0.5) is 5.69 Å². The number of nitrogens with one attached hydrogen (secondary N) is 1. The molecule has 0 aliphatic carbocycles. The number of halogens is 1. The van der Waals surface area contributed by atoms with Crippen LogP contribution < -0.4 is 11.1 Å². The molecule has 1 atom stereocenters. The van der Waals surface area contributed by atoms with Gasteiger partial charge in [0.1, 0.15) is 0 Å². The maximum Gasteiger partial charge on any atom is 0.253 e. The van der Waals surface area contributed by atoms with Crippen molar-refractivity contribution in [3.05, 3.63) is 28.2 Å². The topological polar surface area (TPSA) is 84.6 Å². The summed E-state index contributed by atoms with van der Waals surface area (Å²) in [5.41, 5.74) is 6.49. The third-order valence-corrected chi connectivity index (χ3v) is 2.67. The fourth-order valence-corrected chi connectivity index (χ4v) is 1.72. The second kappa shape index (κ2) is 6.58. The van der Waals surface area contributed by atoms with Gasteiger partial charge in [-0.25, -0.2) is 0 Å². The number of aliphatic hydroxyl groups is 1. The molecule has 5 nitrogen and oxygen atoms in total. The number of nitrogens with two attached hydrogens (primary N) is 1. The molecule has 1 aromatic rings. The highest BCUT2D eigenvalue weighted by atomic mass is 79.9. The summed E-state index contributed by atoms with van der Waals surface area (Å²) in [7, 11) is 1.50. The zero-order chi connectivity index (χ0) is 12.8. The van der Waals surface area contributed by atoms with Crippen molar-refractivity contribution in [2.75, 3.05) is 26.1 Å². The Kier molecular flexibility index (Phi) is 5.40. The number of ether oxygens (including phenoxy) is 1. The summed E-state index contributed by atoms with van der Waals surface area (Å²) >= 11 is 3.26. The number of hydrogen-bond donors (Lipinski definition) is 3. The van der Waals surface area contributed by atoms with Gasteiger partial charge in [-0.3, -0.25) is 4.79 Å². The van der Waals surface area contributed by atoms with E-state index in [0.717, 1.165) is 4.47 Å². The minimum absolute atomic E-state index is 0.185. The van der Waals surface area contributed by atoms with Gasteiger partial charge in [-0.2, -0.15) is 0 Å². The molecule has 0 saturated carbocycles.